The molecule has 8 heteroatoms. The van der Waals surface area contributed by atoms with Crippen LogP contribution in [0.4, 0.5) is 13.2 Å². The molecule has 1 aromatic carbocycles. The molecule has 2 N–H and O–H groups in total. The number of Topliss-reactive ketones (excluding diaryl/α,β-unsaturated/α-hetero) is 1. The van der Waals surface area contributed by atoms with Gasteiger partial charge in [0.05, 0.1) is 17.3 Å². The molecule has 0 saturated heterocycles. The Kier molecular flexibility index (Phi) is 7.05. The van der Waals surface area contributed by atoms with Gasteiger partial charge in [-0.2, -0.15) is 0 Å². The first-order chi connectivity index (χ1) is 16.7. The third-order valence-electron chi connectivity index (χ3n) is 7.21. The summed E-state index contributed by atoms with van der Waals surface area (Å²) in [7, 11) is 0. The molecule has 1 fully saturated rings. The molecule has 1 aliphatic rings. The van der Waals surface area contributed by atoms with Crippen LogP contribution in [0.5, 0.6) is 0 Å². The van der Waals surface area contributed by atoms with Crippen LogP contribution in [0.2, 0.25) is 0 Å². The molecule has 0 amide bonds. The number of benzene rings is 1. The average molecular weight is 485 g/mol. The summed E-state index contributed by atoms with van der Waals surface area (Å²) in [5.74, 6) is -3.62. The predicted molar refractivity (Wildman–Crippen MR) is 124 cm³/mol. The van der Waals surface area contributed by atoms with Gasteiger partial charge in [0.2, 0.25) is 0 Å². The first-order valence-electron chi connectivity index (χ1n) is 11.6. The average Bonchev–Trinajstić information content (AvgIpc) is 2.83. The highest BCUT2D eigenvalue weighted by Gasteiger charge is 2.45. The maximum atomic E-state index is 14.4. The summed E-state index contributed by atoms with van der Waals surface area (Å²) in [5.41, 5.74) is -1.03. The maximum Gasteiger partial charge on any atom is 0.185 e. The van der Waals surface area contributed by atoms with Crippen molar-refractivity contribution in [3.05, 3.63) is 83.1 Å². The van der Waals surface area contributed by atoms with Gasteiger partial charge in [-0.15, -0.1) is 0 Å². The van der Waals surface area contributed by atoms with Crippen LogP contribution < -0.4 is 0 Å². The molecule has 2 heterocycles. The van der Waals surface area contributed by atoms with Crippen molar-refractivity contribution in [1.82, 2.24) is 9.97 Å². The van der Waals surface area contributed by atoms with E-state index < -0.39 is 46.2 Å². The molecule has 0 aliphatic heterocycles. The lowest BCUT2D eigenvalue weighted by atomic mass is 9.66. The van der Waals surface area contributed by atoms with Gasteiger partial charge in [0, 0.05) is 18.8 Å². The van der Waals surface area contributed by atoms with Crippen molar-refractivity contribution in [3.63, 3.8) is 0 Å². The standard InChI is InChI=1S/C27H27F3N2O3/c1-3-27(35)15(2)11-16(13-24(27)34)18-9-10-31-14-17(18)12-23(33)22-8-7-21(30)26(32-22)25-19(28)5-4-6-20(25)29/h4-10,14-16,24,34-35H,3,11-13H2,1-2H3/t15-,16+,24+,27+/m0/s1. The van der Waals surface area contributed by atoms with Crippen LogP contribution in [-0.2, 0) is 6.42 Å². The molecule has 4 atom stereocenters. The van der Waals surface area contributed by atoms with Crippen LogP contribution in [-0.4, -0.2) is 37.7 Å². The normalized spacial score (nSPS) is 24.4. The molecule has 0 spiro atoms. The summed E-state index contributed by atoms with van der Waals surface area (Å²) in [6.07, 6.45) is 3.55. The fraction of sp³-hybridized carbons (Fsp3) is 0.370. The summed E-state index contributed by atoms with van der Waals surface area (Å²) < 4.78 is 42.9. The number of rotatable bonds is 6. The first-order valence-corrected chi connectivity index (χ1v) is 11.6. The Bertz CT molecular complexity index is 1220. The Morgan fingerprint density at radius 3 is 2.46 bits per heavy atom. The van der Waals surface area contributed by atoms with Crippen molar-refractivity contribution in [1.29, 1.82) is 0 Å². The molecule has 0 radical (unpaired) electrons. The molecular weight excluding hydrogens is 457 g/mol. The number of nitrogens with zero attached hydrogens (tertiary/aromatic N) is 2. The molecule has 35 heavy (non-hydrogen) atoms. The second-order valence-corrected chi connectivity index (χ2v) is 9.23. The number of halogens is 3. The minimum atomic E-state index is -1.16. The van der Waals surface area contributed by atoms with Gasteiger partial charge < -0.3 is 10.2 Å². The van der Waals surface area contributed by atoms with Crippen molar-refractivity contribution >= 4 is 5.78 Å². The molecule has 2 aromatic heterocycles. The molecule has 184 valence electrons. The lowest BCUT2D eigenvalue weighted by Crippen LogP contribution is -2.51. The van der Waals surface area contributed by atoms with Gasteiger partial charge in [0.15, 0.2) is 5.78 Å². The Balaban J connectivity index is 1.62. The summed E-state index contributed by atoms with van der Waals surface area (Å²) in [6, 6.07) is 7.10. The topological polar surface area (TPSA) is 83.3 Å². The van der Waals surface area contributed by atoms with E-state index in [-0.39, 0.29) is 24.0 Å². The zero-order valence-electron chi connectivity index (χ0n) is 19.5. The van der Waals surface area contributed by atoms with E-state index in [1.807, 2.05) is 13.8 Å². The van der Waals surface area contributed by atoms with Crippen molar-refractivity contribution in [2.24, 2.45) is 5.92 Å². The molecule has 1 saturated carbocycles. The van der Waals surface area contributed by atoms with Crippen LogP contribution >= 0.6 is 0 Å². The van der Waals surface area contributed by atoms with E-state index in [9.17, 15) is 28.2 Å². The quantitative estimate of drug-likeness (QED) is 0.481. The molecular formula is C27H27F3N2O3. The van der Waals surface area contributed by atoms with Gasteiger partial charge in [0.25, 0.3) is 0 Å². The van der Waals surface area contributed by atoms with E-state index in [2.05, 4.69) is 9.97 Å². The third-order valence-corrected chi connectivity index (χ3v) is 7.21. The Morgan fingerprint density at radius 2 is 1.80 bits per heavy atom. The van der Waals surface area contributed by atoms with Gasteiger partial charge >= 0.3 is 0 Å². The summed E-state index contributed by atoms with van der Waals surface area (Å²) in [6.45, 7) is 3.74. The van der Waals surface area contributed by atoms with E-state index >= 15 is 0 Å². The van der Waals surface area contributed by atoms with E-state index in [1.165, 1.54) is 6.07 Å². The molecule has 0 unspecified atom stereocenters. The molecule has 0 bridgehead atoms. The van der Waals surface area contributed by atoms with E-state index in [0.717, 1.165) is 29.8 Å². The summed E-state index contributed by atoms with van der Waals surface area (Å²) in [4.78, 5) is 21.2. The lowest BCUT2D eigenvalue weighted by molar-refractivity contribution is -0.138. The second-order valence-electron chi connectivity index (χ2n) is 9.23. The van der Waals surface area contributed by atoms with Gasteiger partial charge in [0.1, 0.15) is 28.8 Å². The maximum absolute atomic E-state index is 14.4. The summed E-state index contributed by atoms with van der Waals surface area (Å²) in [5, 5.41) is 21.5. The Hall–Kier alpha value is -3.10. The van der Waals surface area contributed by atoms with Gasteiger partial charge in [-0.25, -0.2) is 18.2 Å². The van der Waals surface area contributed by atoms with E-state index in [4.69, 9.17) is 0 Å². The van der Waals surface area contributed by atoms with Crippen LogP contribution in [0.15, 0.2) is 48.8 Å². The second kappa shape index (κ2) is 9.87. The highest BCUT2D eigenvalue weighted by atomic mass is 19.1. The Morgan fingerprint density at radius 1 is 1.09 bits per heavy atom. The van der Waals surface area contributed by atoms with Crippen molar-refractivity contribution in [3.8, 4) is 11.3 Å². The number of aromatic nitrogens is 2. The van der Waals surface area contributed by atoms with Crippen LogP contribution in [0.1, 0.15) is 60.6 Å². The van der Waals surface area contributed by atoms with E-state index in [1.54, 1.807) is 18.5 Å². The fourth-order valence-electron chi connectivity index (χ4n) is 5.11. The highest BCUT2D eigenvalue weighted by molar-refractivity contribution is 5.96. The van der Waals surface area contributed by atoms with E-state index in [0.29, 0.717) is 24.8 Å². The third kappa shape index (κ3) is 4.73. The molecule has 1 aliphatic carbocycles. The fourth-order valence-corrected chi connectivity index (χ4v) is 5.11. The number of ketones is 1. The van der Waals surface area contributed by atoms with Crippen LogP contribution in [0.3, 0.4) is 0 Å². The van der Waals surface area contributed by atoms with Gasteiger partial charge in [-0.05, 0) is 72.6 Å². The molecule has 4 rings (SSSR count). The minimum Gasteiger partial charge on any atom is -0.390 e. The number of carbonyl (C=O) groups is 1. The van der Waals surface area contributed by atoms with Crippen molar-refractivity contribution in [2.75, 3.05) is 0 Å². The number of hydrogen-bond donors (Lipinski definition) is 2. The number of aliphatic hydroxyl groups is 2. The monoisotopic (exact) mass is 484 g/mol. The SMILES string of the molecule is CC[C@]1(O)[C@H](O)C[C@H](c2ccncc2CC(=O)c2ccc(F)c(-c3c(F)cccc3F)n2)C[C@@H]1C. The number of aliphatic hydroxyl groups excluding tert-OH is 1. The molecule has 3 aromatic rings. The largest absolute Gasteiger partial charge is 0.390 e. The predicted octanol–water partition coefficient (Wildman–Crippen LogP) is 5.00. The molecule has 5 nitrogen and oxygen atoms in total. The minimum absolute atomic E-state index is 0.0955. The smallest absolute Gasteiger partial charge is 0.185 e. The zero-order chi connectivity index (χ0) is 25.3. The Labute approximate surface area is 201 Å². The number of pyridine rings is 2. The van der Waals surface area contributed by atoms with Crippen molar-refractivity contribution < 1.29 is 28.2 Å². The van der Waals surface area contributed by atoms with Gasteiger partial charge in [-0.1, -0.05) is 19.9 Å². The van der Waals surface area contributed by atoms with Crippen LogP contribution in [0.25, 0.3) is 11.3 Å². The van der Waals surface area contributed by atoms with Crippen molar-refractivity contribution in [2.45, 2.75) is 57.2 Å². The summed E-state index contributed by atoms with van der Waals surface area (Å²) >= 11 is 0. The number of carbonyl (C=O) groups excluding carboxylic acids is 1. The highest BCUT2D eigenvalue weighted by Crippen LogP contribution is 2.44. The number of hydrogen-bond acceptors (Lipinski definition) is 5. The lowest BCUT2D eigenvalue weighted by Gasteiger charge is -2.45. The van der Waals surface area contributed by atoms with Crippen LogP contribution in [0, 0.1) is 23.4 Å². The zero-order valence-corrected chi connectivity index (χ0v) is 19.5. The van der Waals surface area contributed by atoms with Gasteiger partial charge in [-0.3, -0.25) is 9.78 Å². The first kappa shape index (κ1) is 25.0.